The molecule has 4 aliphatic carbocycles. The van der Waals surface area contributed by atoms with E-state index < -0.39 is 40.8 Å². The molecule has 0 amide bonds. The summed E-state index contributed by atoms with van der Waals surface area (Å²) in [4.78, 5) is 0. The molecule has 2 saturated carbocycles. The summed E-state index contributed by atoms with van der Waals surface area (Å²) >= 11 is 0. The van der Waals surface area contributed by atoms with Crippen molar-refractivity contribution >= 4 is 0 Å². The number of aliphatic hydroxyl groups is 6. The molecule has 4 aliphatic rings. The van der Waals surface area contributed by atoms with Gasteiger partial charge in [-0.25, -0.2) is 0 Å². The molecule has 0 bridgehead atoms. The Kier molecular flexibility index (Phi) is 7.15. The van der Waals surface area contributed by atoms with Crippen LogP contribution in [0.25, 0.3) is 0 Å². The van der Waals surface area contributed by atoms with Gasteiger partial charge < -0.3 is 30.6 Å². The van der Waals surface area contributed by atoms with Gasteiger partial charge >= 0.3 is 0 Å². The van der Waals surface area contributed by atoms with E-state index in [9.17, 15) is 30.6 Å². The summed E-state index contributed by atoms with van der Waals surface area (Å²) in [5.41, 5.74) is 0.313. The minimum absolute atomic E-state index is 0.00555. The van der Waals surface area contributed by atoms with Gasteiger partial charge in [-0.15, -0.1) is 0 Å². The maximum Gasteiger partial charge on any atom is 0.0853 e. The third kappa shape index (κ3) is 3.88. The van der Waals surface area contributed by atoms with E-state index in [4.69, 9.17) is 0 Å². The lowest BCUT2D eigenvalue weighted by Gasteiger charge is -2.63. The summed E-state index contributed by atoms with van der Waals surface area (Å²) in [6, 6.07) is 0. The van der Waals surface area contributed by atoms with E-state index >= 15 is 0 Å². The van der Waals surface area contributed by atoms with E-state index in [1.807, 2.05) is 0 Å². The van der Waals surface area contributed by atoms with E-state index in [0.29, 0.717) is 25.7 Å². The van der Waals surface area contributed by atoms with Crippen molar-refractivity contribution in [1.82, 2.24) is 0 Å². The van der Waals surface area contributed by atoms with E-state index in [0.717, 1.165) is 25.7 Å². The second-order valence-electron chi connectivity index (χ2n) is 14.7. The first-order chi connectivity index (χ1) is 16.5. The standard InChI is InChI=1S/C30H52O6/c1-26(2)22-10-9-19-20(28(22,5)15-21(32)25(26)35)14-24(34)30(7)18(12-13-29(19,30)6)17(16-31)8-11-23(33)27(3,4)36/h17-18,21-25,31-36H,8-16H2,1-7H3/t17-,18+,21-,22-,23-,24-,25-,28-,29+,30+/m0/s1. The second kappa shape index (κ2) is 9.02. The number of aliphatic hydroxyl groups excluding tert-OH is 5. The molecule has 2 fully saturated rings. The highest BCUT2D eigenvalue weighted by atomic mass is 16.3. The Hall–Kier alpha value is -0.500. The zero-order chi connectivity index (χ0) is 27.1. The monoisotopic (exact) mass is 508 g/mol. The predicted octanol–water partition coefficient (Wildman–Crippen LogP) is 3.56. The maximum atomic E-state index is 11.9. The molecule has 0 spiro atoms. The van der Waals surface area contributed by atoms with E-state index in [2.05, 4.69) is 34.6 Å². The van der Waals surface area contributed by atoms with Gasteiger partial charge in [-0.3, -0.25) is 0 Å². The average molecular weight is 509 g/mol. The molecule has 4 rings (SSSR count). The summed E-state index contributed by atoms with van der Waals surface area (Å²) in [6.45, 7) is 14.2. The lowest BCUT2D eigenvalue weighted by Crippen LogP contribution is -2.61. The van der Waals surface area contributed by atoms with Gasteiger partial charge in [0.1, 0.15) is 0 Å². The largest absolute Gasteiger partial charge is 0.396 e. The third-order valence-corrected chi connectivity index (χ3v) is 12.3. The van der Waals surface area contributed by atoms with Crippen LogP contribution in [0.1, 0.15) is 99.8 Å². The maximum absolute atomic E-state index is 11.9. The topological polar surface area (TPSA) is 121 Å². The highest BCUT2D eigenvalue weighted by Crippen LogP contribution is 2.72. The molecular formula is C30H52O6. The quantitative estimate of drug-likeness (QED) is 0.305. The number of allylic oxidation sites excluding steroid dienone is 1. The number of hydrogen-bond donors (Lipinski definition) is 6. The smallest absolute Gasteiger partial charge is 0.0853 e. The molecule has 10 atom stereocenters. The molecule has 0 aromatic carbocycles. The van der Waals surface area contributed by atoms with Crippen molar-refractivity contribution in [2.24, 2.45) is 39.4 Å². The van der Waals surface area contributed by atoms with Gasteiger partial charge in [0.05, 0.1) is 30.0 Å². The Labute approximate surface area is 217 Å². The van der Waals surface area contributed by atoms with Gasteiger partial charge in [0.15, 0.2) is 0 Å². The van der Waals surface area contributed by atoms with Crippen LogP contribution in [0.5, 0.6) is 0 Å². The average Bonchev–Trinajstić information content (AvgIpc) is 3.06. The van der Waals surface area contributed by atoms with Crippen molar-refractivity contribution in [3.05, 3.63) is 11.1 Å². The van der Waals surface area contributed by atoms with Crippen LogP contribution in [0.3, 0.4) is 0 Å². The van der Waals surface area contributed by atoms with Crippen LogP contribution in [0, 0.1) is 39.4 Å². The Morgan fingerprint density at radius 3 is 2.19 bits per heavy atom. The molecule has 36 heavy (non-hydrogen) atoms. The van der Waals surface area contributed by atoms with Crippen LogP contribution in [0.2, 0.25) is 0 Å². The van der Waals surface area contributed by atoms with Crippen LogP contribution >= 0.6 is 0 Å². The molecule has 0 saturated heterocycles. The van der Waals surface area contributed by atoms with E-state index in [1.54, 1.807) is 13.8 Å². The highest BCUT2D eigenvalue weighted by molar-refractivity contribution is 5.40. The molecular weight excluding hydrogens is 456 g/mol. The minimum atomic E-state index is -1.18. The second-order valence-corrected chi connectivity index (χ2v) is 14.7. The summed E-state index contributed by atoms with van der Waals surface area (Å²) in [6.07, 6.45) is 2.97. The first-order valence-electron chi connectivity index (χ1n) is 14.2. The van der Waals surface area contributed by atoms with Crippen LogP contribution in [-0.2, 0) is 0 Å². The van der Waals surface area contributed by atoms with Crippen LogP contribution < -0.4 is 0 Å². The van der Waals surface area contributed by atoms with Crippen LogP contribution in [0.4, 0.5) is 0 Å². The fraction of sp³-hybridized carbons (Fsp3) is 0.933. The van der Waals surface area contributed by atoms with Crippen molar-refractivity contribution in [1.29, 1.82) is 0 Å². The zero-order valence-corrected chi connectivity index (χ0v) is 23.6. The minimum Gasteiger partial charge on any atom is -0.396 e. The molecule has 0 radical (unpaired) electrons. The zero-order valence-electron chi connectivity index (χ0n) is 23.6. The summed E-state index contributed by atoms with van der Waals surface area (Å²) in [5, 5.41) is 64.7. The first-order valence-corrected chi connectivity index (χ1v) is 14.2. The molecule has 0 heterocycles. The predicted molar refractivity (Wildman–Crippen MR) is 140 cm³/mol. The van der Waals surface area contributed by atoms with Gasteiger partial charge in [-0.1, -0.05) is 45.8 Å². The lowest BCUT2D eigenvalue weighted by atomic mass is 9.42. The van der Waals surface area contributed by atoms with Crippen molar-refractivity contribution in [3.63, 3.8) is 0 Å². The lowest BCUT2D eigenvalue weighted by molar-refractivity contribution is -0.163. The Balaban J connectivity index is 1.69. The van der Waals surface area contributed by atoms with Crippen molar-refractivity contribution in [3.8, 4) is 0 Å². The molecule has 0 aromatic heterocycles. The fourth-order valence-corrected chi connectivity index (χ4v) is 9.77. The molecule has 0 aliphatic heterocycles. The molecule has 0 unspecified atom stereocenters. The fourth-order valence-electron chi connectivity index (χ4n) is 9.77. The van der Waals surface area contributed by atoms with E-state index in [1.165, 1.54) is 11.1 Å². The van der Waals surface area contributed by atoms with Gasteiger partial charge in [-0.2, -0.15) is 0 Å². The summed E-state index contributed by atoms with van der Waals surface area (Å²) in [7, 11) is 0. The number of hydrogen-bond acceptors (Lipinski definition) is 6. The molecule has 6 heteroatoms. The Morgan fingerprint density at radius 1 is 0.972 bits per heavy atom. The highest BCUT2D eigenvalue weighted by Gasteiger charge is 2.67. The van der Waals surface area contributed by atoms with Crippen molar-refractivity contribution in [2.75, 3.05) is 6.61 Å². The van der Waals surface area contributed by atoms with Crippen molar-refractivity contribution in [2.45, 2.75) is 130 Å². The van der Waals surface area contributed by atoms with Gasteiger partial charge in [0.2, 0.25) is 0 Å². The normalized spacial score (nSPS) is 46.1. The van der Waals surface area contributed by atoms with Gasteiger partial charge in [-0.05, 0) is 99.2 Å². The number of rotatable bonds is 6. The van der Waals surface area contributed by atoms with Crippen molar-refractivity contribution < 1.29 is 30.6 Å². The van der Waals surface area contributed by atoms with Gasteiger partial charge in [0, 0.05) is 12.0 Å². The van der Waals surface area contributed by atoms with Gasteiger partial charge in [0.25, 0.3) is 0 Å². The third-order valence-electron chi connectivity index (χ3n) is 12.3. The summed E-state index contributed by atoms with van der Waals surface area (Å²) < 4.78 is 0. The Bertz CT molecular complexity index is 875. The Morgan fingerprint density at radius 2 is 1.61 bits per heavy atom. The number of fused-ring (bicyclic) bond motifs is 4. The molecule has 208 valence electrons. The first kappa shape index (κ1) is 28.5. The molecule has 6 nitrogen and oxygen atoms in total. The summed E-state index contributed by atoms with van der Waals surface area (Å²) in [5.74, 6) is 0.308. The van der Waals surface area contributed by atoms with E-state index in [-0.39, 0.29) is 35.2 Å². The molecule has 0 aromatic rings. The molecule has 6 N–H and O–H groups in total. The SMILES string of the molecule is CC(C)(O)[C@@H](O)CC[C@@H](CO)[C@H]1CC[C@]2(C)C3=C(C[C@H](O)[C@@]12C)[C@]1(C)C[C@H](O)[C@H](O)C(C)(C)[C@@H]1CC3. The van der Waals surface area contributed by atoms with Crippen LogP contribution in [0.15, 0.2) is 11.1 Å². The van der Waals surface area contributed by atoms with Crippen LogP contribution in [-0.4, -0.2) is 67.3 Å².